The third-order valence-electron chi connectivity index (χ3n) is 4.10. The van der Waals surface area contributed by atoms with Gasteiger partial charge in [-0.3, -0.25) is 4.79 Å². The smallest absolute Gasteiger partial charge is 0.227 e. The summed E-state index contributed by atoms with van der Waals surface area (Å²) in [7, 11) is 0. The predicted molar refractivity (Wildman–Crippen MR) is 92.9 cm³/mol. The minimum absolute atomic E-state index is 0. The summed E-state index contributed by atoms with van der Waals surface area (Å²) in [6, 6.07) is 10.4. The van der Waals surface area contributed by atoms with E-state index in [-0.39, 0.29) is 36.3 Å². The lowest BCUT2D eigenvalue weighted by Crippen LogP contribution is -2.48. The molecule has 0 saturated carbocycles. The van der Waals surface area contributed by atoms with Gasteiger partial charge in [0, 0.05) is 23.6 Å². The topological polar surface area (TPSA) is 46.3 Å². The molecule has 0 radical (unpaired) electrons. The number of carbonyl (C=O) groups is 1. The van der Waals surface area contributed by atoms with Crippen molar-refractivity contribution in [3.63, 3.8) is 0 Å². The van der Waals surface area contributed by atoms with Gasteiger partial charge in [-0.15, -0.1) is 12.4 Å². The maximum atomic E-state index is 12.7. The van der Waals surface area contributed by atoms with Crippen LogP contribution in [0.4, 0.5) is 0 Å². The third kappa shape index (κ3) is 4.15. The summed E-state index contributed by atoms with van der Waals surface area (Å²) in [5.41, 5.74) is 7.13. The van der Waals surface area contributed by atoms with Gasteiger partial charge in [-0.05, 0) is 12.5 Å². The van der Waals surface area contributed by atoms with Crippen LogP contribution in [0, 0.1) is 5.92 Å². The first-order valence-corrected chi connectivity index (χ1v) is 8.30. The summed E-state index contributed by atoms with van der Waals surface area (Å²) < 4.78 is 0. The van der Waals surface area contributed by atoms with Gasteiger partial charge in [0.1, 0.15) is 0 Å². The zero-order valence-corrected chi connectivity index (χ0v) is 14.5. The van der Waals surface area contributed by atoms with Crippen LogP contribution < -0.4 is 5.73 Å². The number of thioether (sulfide) groups is 1. The molecule has 21 heavy (non-hydrogen) atoms. The minimum atomic E-state index is -0.128. The number of rotatable bonds is 3. The predicted octanol–water partition coefficient (Wildman–Crippen LogP) is 3.10. The summed E-state index contributed by atoms with van der Waals surface area (Å²) in [6.45, 7) is 6.85. The van der Waals surface area contributed by atoms with Crippen molar-refractivity contribution in [2.24, 2.45) is 11.7 Å². The Morgan fingerprint density at radius 3 is 2.52 bits per heavy atom. The molecule has 3 nitrogen and oxygen atoms in total. The van der Waals surface area contributed by atoms with Gasteiger partial charge in [-0.1, -0.05) is 44.2 Å². The summed E-state index contributed by atoms with van der Waals surface area (Å²) >= 11 is 1.94. The number of hydrogen-bond donors (Lipinski definition) is 1. The molecule has 1 aromatic carbocycles. The highest BCUT2D eigenvalue weighted by atomic mass is 35.5. The number of halogens is 1. The first-order valence-electron chi connectivity index (χ1n) is 7.25. The van der Waals surface area contributed by atoms with Gasteiger partial charge in [0.15, 0.2) is 0 Å². The fourth-order valence-electron chi connectivity index (χ4n) is 2.66. The normalized spacial score (nSPS) is 24.9. The third-order valence-corrected chi connectivity index (χ3v) is 5.30. The van der Waals surface area contributed by atoms with Crippen LogP contribution in [0.5, 0.6) is 0 Å². The Balaban J connectivity index is 0.00000220. The molecule has 0 aliphatic carbocycles. The quantitative estimate of drug-likeness (QED) is 0.927. The number of hydrogen-bond acceptors (Lipinski definition) is 3. The van der Waals surface area contributed by atoms with Crippen LogP contribution in [0.2, 0.25) is 0 Å². The van der Waals surface area contributed by atoms with E-state index in [0.717, 1.165) is 12.3 Å². The maximum absolute atomic E-state index is 12.7. The Kier molecular flexibility index (Phi) is 7.04. The van der Waals surface area contributed by atoms with E-state index in [1.807, 2.05) is 48.7 Å². The van der Waals surface area contributed by atoms with E-state index in [0.29, 0.717) is 5.25 Å². The van der Waals surface area contributed by atoms with E-state index in [1.165, 1.54) is 5.56 Å². The van der Waals surface area contributed by atoms with Crippen LogP contribution in [0.25, 0.3) is 0 Å². The van der Waals surface area contributed by atoms with E-state index in [2.05, 4.69) is 19.1 Å². The Morgan fingerprint density at radius 2 is 1.95 bits per heavy atom. The lowest BCUT2D eigenvalue weighted by atomic mass is 9.97. The molecular formula is C16H25ClN2OS. The average Bonchev–Trinajstić information content (AvgIpc) is 2.46. The molecule has 1 saturated heterocycles. The minimum Gasteiger partial charge on any atom is -0.333 e. The molecule has 4 unspecified atom stereocenters. The van der Waals surface area contributed by atoms with Gasteiger partial charge in [-0.2, -0.15) is 11.8 Å². The van der Waals surface area contributed by atoms with Crippen molar-refractivity contribution < 1.29 is 4.79 Å². The molecule has 1 aromatic rings. The lowest BCUT2D eigenvalue weighted by molar-refractivity contribution is -0.138. The van der Waals surface area contributed by atoms with Crippen LogP contribution in [-0.4, -0.2) is 34.4 Å². The summed E-state index contributed by atoms with van der Waals surface area (Å²) in [4.78, 5) is 14.7. The van der Waals surface area contributed by atoms with Crippen LogP contribution in [0.1, 0.15) is 32.4 Å². The van der Waals surface area contributed by atoms with Crippen LogP contribution in [-0.2, 0) is 4.79 Å². The lowest BCUT2D eigenvalue weighted by Gasteiger charge is -2.41. The molecular weight excluding hydrogens is 304 g/mol. The van der Waals surface area contributed by atoms with Gasteiger partial charge in [0.05, 0.1) is 12.0 Å². The Hall–Kier alpha value is -0.710. The molecule has 5 heteroatoms. The van der Waals surface area contributed by atoms with Gasteiger partial charge < -0.3 is 10.6 Å². The van der Waals surface area contributed by atoms with Crippen molar-refractivity contribution in [3.05, 3.63) is 35.9 Å². The Morgan fingerprint density at radius 1 is 1.33 bits per heavy atom. The van der Waals surface area contributed by atoms with Crippen LogP contribution in [0.15, 0.2) is 30.3 Å². The van der Waals surface area contributed by atoms with Crippen molar-refractivity contribution in [3.8, 4) is 0 Å². The molecule has 2 rings (SSSR count). The summed E-state index contributed by atoms with van der Waals surface area (Å²) in [5.74, 6) is 1.06. The van der Waals surface area contributed by atoms with Crippen molar-refractivity contribution in [2.45, 2.75) is 38.1 Å². The summed E-state index contributed by atoms with van der Waals surface area (Å²) in [6.07, 6.45) is 0. The van der Waals surface area contributed by atoms with E-state index in [1.54, 1.807) is 0 Å². The zero-order valence-electron chi connectivity index (χ0n) is 12.9. The molecule has 2 N–H and O–H groups in total. The van der Waals surface area contributed by atoms with Gasteiger partial charge in [-0.25, -0.2) is 0 Å². The zero-order chi connectivity index (χ0) is 14.7. The highest BCUT2D eigenvalue weighted by Gasteiger charge is 2.35. The number of carbonyl (C=O) groups excluding carboxylic acids is 1. The highest BCUT2D eigenvalue weighted by molar-refractivity contribution is 8.00. The first kappa shape index (κ1) is 18.3. The molecule has 1 fully saturated rings. The first-order chi connectivity index (χ1) is 9.52. The molecule has 0 spiro atoms. The number of benzene rings is 1. The van der Waals surface area contributed by atoms with E-state index in [9.17, 15) is 4.79 Å². The molecule has 1 heterocycles. The maximum Gasteiger partial charge on any atom is 0.227 e. The largest absolute Gasteiger partial charge is 0.333 e. The summed E-state index contributed by atoms with van der Waals surface area (Å²) in [5, 5.41) is 0.412. The standard InChI is InChI=1S/C16H24N2OS.ClH/c1-11(12(2)17)16(19)18-9-10-20-13(3)15(18)14-7-5-4-6-8-14;/h4-8,11-13,15H,9-10,17H2,1-3H3;1H. The fraction of sp³-hybridized carbons (Fsp3) is 0.562. The molecule has 4 atom stereocenters. The second-order valence-electron chi connectivity index (χ2n) is 5.61. The SMILES string of the molecule is CC(N)C(C)C(=O)N1CCSC(C)C1c1ccccc1.Cl. The Labute approximate surface area is 138 Å². The molecule has 1 amide bonds. The Bertz CT molecular complexity index is 455. The molecule has 0 aromatic heterocycles. The van der Waals surface area contributed by atoms with Crippen LogP contribution in [0.3, 0.4) is 0 Å². The fourth-order valence-corrected chi connectivity index (χ4v) is 3.82. The molecule has 1 aliphatic rings. The highest BCUT2D eigenvalue weighted by Crippen LogP contribution is 2.36. The van der Waals surface area contributed by atoms with Crippen molar-refractivity contribution in [1.82, 2.24) is 4.90 Å². The van der Waals surface area contributed by atoms with E-state index >= 15 is 0 Å². The van der Waals surface area contributed by atoms with Crippen molar-refractivity contribution >= 4 is 30.1 Å². The van der Waals surface area contributed by atoms with E-state index in [4.69, 9.17) is 5.73 Å². The van der Waals surface area contributed by atoms with Gasteiger partial charge in [0.2, 0.25) is 5.91 Å². The van der Waals surface area contributed by atoms with E-state index < -0.39 is 0 Å². The molecule has 0 bridgehead atoms. The molecule has 1 aliphatic heterocycles. The monoisotopic (exact) mass is 328 g/mol. The van der Waals surface area contributed by atoms with Crippen LogP contribution >= 0.6 is 24.2 Å². The van der Waals surface area contributed by atoms with Gasteiger partial charge >= 0.3 is 0 Å². The second-order valence-corrected chi connectivity index (χ2v) is 7.10. The van der Waals surface area contributed by atoms with Gasteiger partial charge in [0.25, 0.3) is 0 Å². The molecule has 118 valence electrons. The average molecular weight is 329 g/mol. The number of nitrogens with two attached hydrogens (primary N) is 1. The second kappa shape index (κ2) is 8.06. The van der Waals surface area contributed by atoms with Crippen molar-refractivity contribution in [2.75, 3.05) is 12.3 Å². The number of nitrogens with zero attached hydrogens (tertiary/aromatic N) is 1. The number of amides is 1. The van der Waals surface area contributed by atoms with Crippen molar-refractivity contribution in [1.29, 1.82) is 0 Å².